The zero-order valence-corrected chi connectivity index (χ0v) is 16.6. The number of rotatable bonds is 6. The Labute approximate surface area is 173 Å². The Morgan fingerprint density at radius 1 is 1.21 bits per heavy atom. The maximum atomic E-state index is 12.3. The van der Waals surface area contributed by atoms with Crippen LogP contribution < -0.4 is 5.32 Å². The van der Waals surface area contributed by atoms with Crippen LogP contribution in [-0.2, 0) is 4.79 Å². The molecule has 1 aromatic carbocycles. The second-order valence-corrected chi connectivity index (χ2v) is 7.29. The van der Waals surface area contributed by atoms with Crippen LogP contribution in [-0.4, -0.2) is 44.1 Å². The molecule has 11 heteroatoms. The van der Waals surface area contributed by atoms with Gasteiger partial charge < -0.3 is 5.32 Å². The van der Waals surface area contributed by atoms with Gasteiger partial charge in [0.1, 0.15) is 6.54 Å². The van der Waals surface area contributed by atoms with Gasteiger partial charge in [0.15, 0.2) is 11.0 Å². The van der Waals surface area contributed by atoms with E-state index in [1.54, 1.807) is 41.2 Å². The van der Waals surface area contributed by atoms with Gasteiger partial charge >= 0.3 is 6.18 Å². The summed E-state index contributed by atoms with van der Waals surface area (Å²) in [5.41, 5.74) is 2.21. The van der Waals surface area contributed by atoms with E-state index in [9.17, 15) is 18.0 Å². The molecule has 0 fully saturated rings. The molecule has 2 heterocycles. The minimum absolute atomic E-state index is 0.246. The fourth-order valence-electron chi connectivity index (χ4n) is 2.49. The van der Waals surface area contributed by atoms with Crippen LogP contribution in [0.25, 0.3) is 17.1 Å². The Balaban J connectivity index is 1.93. The van der Waals surface area contributed by atoms with E-state index in [4.69, 9.17) is 11.6 Å². The van der Waals surface area contributed by atoms with Gasteiger partial charge in [-0.05, 0) is 36.8 Å². The van der Waals surface area contributed by atoms with Crippen molar-refractivity contribution in [1.82, 2.24) is 25.1 Å². The van der Waals surface area contributed by atoms with E-state index in [2.05, 4.69) is 15.2 Å². The first-order valence-electron chi connectivity index (χ1n) is 8.34. The maximum absolute atomic E-state index is 12.3. The molecule has 2 aromatic heterocycles. The van der Waals surface area contributed by atoms with Gasteiger partial charge in [-0.15, -0.1) is 10.2 Å². The van der Waals surface area contributed by atoms with E-state index in [1.165, 1.54) is 0 Å². The molecule has 1 amide bonds. The minimum Gasteiger partial charge on any atom is -0.346 e. The highest BCUT2D eigenvalue weighted by Crippen LogP contribution is 2.31. The third-order valence-corrected chi connectivity index (χ3v) is 5.21. The predicted octanol–water partition coefficient (Wildman–Crippen LogP) is 4.06. The number of nitrogens with zero attached hydrogens (tertiary/aromatic N) is 4. The lowest BCUT2D eigenvalue weighted by Crippen LogP contribution is -2.34. The predicted molar refractivity (Wildman–Crippen MR) is 104 cm³/mol. The molecule has 0 radical (unpaired) electrons. The highest BCUT2D eigenvalue weighted by atomic mass is 35.5. The van der Waals surface area contributed by atoms with Crippen LogP contribution in [0.5, 0.6) is 0 Å². The number of carbonyl (C=O) groups is 1. The van der Waals surface area contributed by atoms with Crippen LogP contribution in [0.3, 0.4) is 0 Å². The van der Waals surface area contributed by atoms with Crippen LogP contribution in [0.1, 0.15) is 5.56 Å². The number of alkyl halides is 3. The first-order valence-corrected chi connectivity index (χ1v) is 9.70. The topological polar surface area (TPSA) is 72.7 Å². The summed E-state index contributed by atoms with van der Waals surface area (Å²) >= 11 is 7.23. The molecule has 152 valence electrons. The molecule has 3 aromatic rings. The van der Waals surface area contributed by atoms with Crippen molar-refractivity contribution < 1.29 is 18.0 Å². The monoisotopic (exact) mass is 441 g/mol. The average molecular weight is 442 g/mol. The van der Waals surface area contributed by atoms with Crippen molar-refractivity contribution in [3.8, 4) is 17.1 Å². The van der Waals surface area contributed by atoms with Crippen molar-refractivity contribution >= 4 is 29.3 Å². The van der Waals surface area contributed by atoms with Crippen LogP contribution >= 0.6 is 23.4 Å². The molecular formula is C18H15ClF3N5OS. The fraction of sp³-hybridized carbons (Fsp3) is 0.222. The summed E-state index contributed by atoms with van der Waals surface area (Å²) in [5, 5.41) is 11.1. The molecule has 0 aliphatic heterocycles. The standard InChI is InChI=1S/C18H15ClF3N5OS/c1-11-13(19)3-2-4-14(11)27-16(12-5-7-23-8-6-12)25-26-17(27)29-9-15(28)24-10-18(20,21)22/h2-8H,9-10H2,1H3,(H,24,28). The number of aromatic nitrogens is 4. The molecule has 0 aliphatic carbocycles. The van der Waals surface area contributed by atoms with Gasteiger partial charge in [0.25, 0.3) is 0 Å². The minimum atomic E-state index is -4.47. The summed E-state index contributed by atoms with van der Waals surface area (Å²) in [4.78, 5) is 15.8. The van der Waals surface area contributed by atoms with Crippen molar-refractivity contribution in [1.29, 1.82) is 0 Å². The number of halogens is 4. The van der Waals surface area contributed by atoms with Crippen LogP contribution in [0.4, 0.5) is 13.2 Å². The van der Waals surface area contributed by atoms with Crippen LogP contribution in [0.2, 0.25) is 5.02 Å². The molecule has 0 atom stereocenters. The van der Waals surface area contributed by atoms with Gasteiger partial charge in [0.2, 0.25) is 5.91 Å². The summed E-state index contributed by atoms with van der Waals surface area (Å²) in [5.74, 6) is -0.504. The third-order valence-electron chi connectivity index (χ3n) is 3.87. The second-order valence-electron chi connectivity index (χ2n) is 5.94. The molecule has 0 aliphatic rings. The first-order chi connectivity index (χ1) is 13.8. The Hall–Kier alpha value is -2.59. The second kappa shape index (κ2) is 8.83. The summed E-state index contributed by atoms with van der Waals surface area (Å²) in [7, 11) is 0. The number of thioether (sulfide) groups is 1. The number of benzene rings is 1. The molecule has 0 saturated carbocycles. The van der Waals surface area contributed by atoms with Crippen molar-refractivity contribution in [2.75, 3.05) is 12.3 Å². The number of pyridine rings is 1. The fourth-order valence-corrected chi connectivity index (χ4v) is 3.43. The molecule has 0 unspecified atom stereocenters. The summed E-state index contributed by atoms with van der Waals surface area (Å²) in [6, 6.07) is 8.85. The third kappa shape index (κ3) is 5.27. The molecule has 0 saturated heterocycles. The lowest BCUT2D eigenvalue weighted by atomic mass is 10.2. The van der Waals surface area contributed by atoms with E-state index >= 15 is 0 Å². The molecule has 6 nitrogen and oxygen atoms in total. The molecule has 1 N–H and O–H groups in total. The molecule has 3 rings (SSSR count). The largest absolute Gasteiger partial charge is 0.405 e. The van der Waals surface area contributed by atoms with Gasteiger partial charge in [-0.1, -0.05) is 29.4 Å². The molecular weight excluding hydrogens is 427 g/mol. The van der Waals surface area contributed by atoms with Gasteiger partial charge in [-0.2, -0.15) is 13.2 Å². The zero-order valence-electron chi connectivity index (χ0n) is 15.1. The Bertz CT molecular complexity index is 1010. The van der Waals surface area contributed by atoms with Gasteiger partial charge in [0.05, 0.1) is 11.4 Å². The normalized spacial score (nSPS) is 11.5. The smallest absolute Gasteiger partial charge is 0.346 e. The van der Waals surface area contributed by atoms with E-state index < -0.39 is 18.6 Å². The zero-order chi connectivity index (χ0) is 21.0. The van der Waals surface area contributed by atoms with E-state index in [1.807, 2.05) is 18.3 Å². The molecule has 0 bridgehead atoms. The van der Waals surface area contributed by atoms with Crippen molar-refractivity contribution in [3.63, 3.8) is 0 Å². The van der Waals surface area contributed by atoms with Crippen molar-refractivity contribution in [3.05, 3.63) is 53.3 Å². The lowest BCUT2D eigenvalue weighted by Gasteiger charge is -2.14. The van der Waals surface area contributed by atoms with Gasteiger partial charge in [-0.25, -0.2) is 0 Å². The Kier molecular flexibility index (Phi) is 6.43. The summed E-state index contributed by atoms with van der Waals surface area (Å²) in [6.07, 6.45) is -1.25. The number of nitrogens with one attached hydrogen (secondary N) is 1. The first kappa shape index (κ1) is 21.1. The van der Waals surface area contributed by atoms with Crippen LogP contribution in [0, 0.1) is 6.92 Å². The number of carbonyl (C=O) groups excluding carboxylic acids is 1. The van der Waals surface area contributed by atoms with Gasteiger partial charge in [0, 0.05) is 23.0 Å². The molecule has 0 spiro atoms. The Morgan fingerprint density at radius 2 is 1.93 bits per heavy atom. The van der Waals surface area contributed by atoms with E-state index in [-0.39, 0.29) is 5.75 Å². The van der Waals surface area contributed by atoms with Crippen LogP contribution in [0.15, 0.2) is 47.9 Å². The lowest BCUT2D eigenvalue weighted by molar-refractivity contribution is -0.136. The quantitative estimate of drug-likeness (QED) is 0.584. The highest BCUT2D eigenvalue weighted by Gasteiger charge is 2.28. The average Bonchev–Trinajstić information content (AvgIpc) is 3.11. The number of hydrogen-bond acceptors (Lipinski definition) is 5. The van der Waals surface area contributed by atoms with Crippen molar-refractivity contribution in [2.45, 2.75) is 18.3 Å². The summed E-state index contributed by atoms with van der Waals surface area (Å²) < 4.78 is 38.5. The Morgan fingerprint density at radius 3 is 2.62 bits per heavy atom. The van der Waals surface area contributed by atoms with E-state index in [0.29, 0.717) is 21.7 Å². The SMILES string of the molecule is Cc1c(Cl)cccc1-n1c(SCC(=O)NCC(F)(F)F)nnc1-c1ccncc1. The number of hydrogen-bond donors (Lipinski definition) is 1. The van der Waals surface area contributed by atoms with Crippen molar-refractivity contribution in [2.24, 2.45) is 0 Å². The van der Waals surface area contributed by atoms with Gasteiger partial charge in [-0.3, -0.25) is 14.3 Å². The molecule has 29 heavy (non-hydrogen) atoms. The number of amides is 1. The summed E-state index contributed by atoms with van der Waals surface area (Å²) in [6.45, 7) is 0.452. The maximum Gasteiger partial charge on any atom is 0.405 e. The van der Waals surface area contributed by atoms with E-state index in [0.717, 1.165) is 22.9 Å². The highest BCUT2D eigenvalue weighted by molar-refractivity contribution is 7.99.